The second kappa shape index (κ2) is 5.18. The monoisotopic (exact) mass is 249 g/mol. The first kappa shape index (κ1) is 14.2. The Bertz CT molecular complexity index is 422. The molecule has 0 saturated heterocycles. The fourth-order valence-corrected chi connectivity index (χ4v) is 2.63. The van der Waals surface area contributed by atoms with E-state index in [1.54, 1.807) is 0 Å². The summed E-state index contributed by atoms with van der Waals surface area (Å²) in [4.78, 5) is 0.607. The van der Waals surface area contributed by atoms with Gasteiger partial charge in [-0.25, -0.2) is 0 Å². The van der Waals surface area contributed by atoms with Crippen molar-refractivity contribution in [1.82, 2.24) is 0 Å². The molecule has 17 heavy (non-hydrogen) atoms. The highest BCUT2D eigenvalue weighted by Crippen LogP contribution is 2.33. The minimum absolute atomic E-state index is 0.239. The lowest BCUT2D eigenvalue weighted by atomic mass is 9.81. The Balaban J connectivity index is 3.35. The van der Waals surface area contributed by atoms with Gasteiger partial charge < -0.3 is 5.73 Å². The van der Waals surface area contributed by atoms with Gasteiger partial charge in [0.05, 0.1) is 4.99 Å². The summed E-state index contributed by atoms with van der Waals surface area (Å²) < 4.78 is 0. The van der Waals surface area contributed by atoms with Gasteiger partial charge in [0.2, 0.25) is 0 Å². The molecule has 2 unspecified atom stereocenters. The molecule has 0 aromatic heterocycles. The molecule has 0 heterocycles. The standard InChI is InChI=1S/C15H23NS/c1-8-7-9(2)11(4)14(10(8)3)12(5)13(6)15(16)17/h7,12-13H,1-6H3,(H2,16,17). The predicted octanol–water partition coefficient (Wildman–Crippen LogP) is 3.95. The molecule has 0 saturated carbocycles. The van der Waals surface area contributed by atoms with Gasteiger partial charge in [-0.3, -0.25) is 0 Å². The van der Waals surface area contributed by atoms with E-state index in [0.717, 1.165) is 0 Å². The Morgan fingerprint density at radius 1 is 1.06 bits per heavy atom. The first-order valence-electron chi connectivity index (χ1n) is 6.14. The topological polar surface area (TPSA) is 26.0 Å². The largest absolute Gasteiger partial charge is 0.393 e. The Labute approximate surface area is 110 Å². The molecular formula is C15H23NS. The summed E-state index contributed by atoms with van der Waals surface area (Å²) in [5.41, 5.74) is 12.7. The van der Waals surface area contributed by atoms with Gasteiger partial charge >= 0.3 is 0 Å². The van der Waals surface area contributed by atoms with Crippen molar-refractivity contribution in [3.63, 3.8) is 0 Å². The van der Waals surface area contributed by atoms with Gasteiger partial charge in [-0.05, 0) is 61.4 Å². The SMILES string of the molecule is Cc1cc(C)c(C)c(C(C)C(C)C(N)=S)c1C. The lowest BCUT2D eigenvalue weighted by Crippen LogP contribution is -2.24. The normalized spacial score (nSPS) is 14.5. The van der Waals surface area contributed by atoms with Crippen molar-refractivity contribution in [3.8, 4) is 0 Å². The smallest absolute Gasteiger partial charge is 0.0761 e. The van der Waals surface area contributed by atoms with Crippen LogP contribution in [0.4, 0.5) is 0 Å². The number of hydrogen-bond acceptors (Lipinski definition) is 1. The Morgan fingerprint density at radius 2 is 1.47 bits per heavy atom. The van der Waals surface area contributed by atoms with Crippen LogP contribution in [-0.4, -0.2) is 4.99 Å². The maximum atomic E-state index is 5.78. The second-order valence-corrected chi connectivity index (χ2v) is 5.63. The summed E-state index contributed by atoms with van der Waals surface area (Å²) >= 11 is 5.12. The Kier molecular flexibility index (Phi) is 4.31. The summed E-state index contributed by atoms with van der Waals surface area (Å²) in [6.45, 7) is 13.1. The molecule has 0 aliphatic rings. The fraction of sp³-hybridized carbons (Fsp3) is 0.533. The maximum Gasteiger partial charge on any atom is 0.0761 e. The van der Waals surface area contributed by atoms with E-state index in [1.807, 2.05) is 0 Å². The van der Waals surface area contributed by atoms with E-state index in [0.29, 0.717) is 10.9 Å². The van der Waals surface area contributed by atoms with Crippen LogP contribution in [0.3, 0.4) is 0 Å². The molecule has 0 aliphatic heterocycles. The summed E-state index contributed by atoms with van der Waals surface area (Å²) in [5, 5.41) is 0. The van der Waals surface area contributed by atoms with Gasteiger partial charge in [0, 0.05) is 5.92 Å². The highest BCUT2D eigenvalue weighted by atomic mass is 32.1. The van der Waals surface area contributed by atoms with Crippen LogP contribution in [0.2, 0.25) is 0 Å². The minimum atomic E-state index is 0.239. The molecule has 0 bridgehead atoms. The maximum absolute atomic E-state index is 5.78. The van der Waals surface area contributed by atoms with Crippen molar-refractivity contribution in [2.75, 3.05) is 0 Å². The van der Waals surface area contributed by atoms with Gasteiger partial charge in [-0.2, -0.15) is 0 Å². The summed E-state index contributed by atoms with van der Waals surface area (Å²) in [6.07, 6.45) is 0. The molecule has 1 rings (SSSR count). The van der Waals surface area contributed by atoms with Crippen LogP contribution in [0.5, 0.6) is 0 Å². The molecule has 0 radical (unpaired) electrons. The molecule has 94 valence electrons. The van der Waals surface area contributed by atoms with E-state index in [1.165, 1.54) is 27.8 Å². The van der Waals surface area contributed by atoms with E-state index in [9.17, 15) is 0 Å². The van der Waals surface area contributed by atoms with Crippen LogP contribution in [0.15, 0.2) is 6.07 Å². The third-order valence-electron chi connectivity index (χ3n) is 4.08. The molecular weight excluding hydrogens is 226 g/mol. The molecule has 2 atom stereocenters. The van der Waals surface area contributed by atoms with Gasteiger partial charge in [0.1, 0.15) is 0 Å². The van der Waals surface area contributed by atoms with E-state index in [2.05, 4.69) is 47.6 Å². The van der Waals surface area contributed by atoms with Crippen molar-refractivity contribution in [2.45, 2.75) is 47.5 Å². The van der Waals surface area contributed by atoms with Crippen molar-refractivity contribution in [2.24, 2.45) is 11.7 Å². The van der Waals surface area contributed by atoms with Gasteiger partial charge in [-0.1, -0.05) is 32.1 Å². The van der Waals surface area contributed by atoms with Crippen LogP contribution in [0.25, 0.3) is 0 Å². The van der Waals surface area contributed by atoms with E-state index >= 15 is 0 Å². The second-order valence-electron chi connectivity index (χ2n) is 5.15. The molecule has 0 spiro atoms. The van der Waals surface area contributed by atoms with E-state index in [-0.39, 0.29) is 5.92 Å². The molecule has 0 amide bonds. The average Bonchev–Trinajstić information content (AvgIpc) is 2.25. The first-order valence-corrected chi connectivity index (χ1v) is 6.54. The van der Waals surface area contributed by atoms with Crippen molar-refractivity contribution < 1.29 is 0 Å². The van der Waals surface area contributed by atoms with E-state index in [4.69, 9.17) is 18.0 Å². The first-order chi connectivity index (χ1) is 7.77. The quantitative estimate of drug-likeness (QED) is 0.821. The van der Waals surface area contributed by atoms with Gasteiger partial charge in [0.15, 0.2) is 0 Å². The zero-order chi connectivity index (χ0) is 13.3. The Morgan fingerprint density at radius 3 is 1.82 bits per heavy atom. The summed E-state index contributed by atoms with van der Waals surface area (Å²) in [6, 6.07) is 2.26. The number of aryl methyl sites for hydroxylation is 2. The third-order valence-corrected chi connectivity index (χ3v) is 4.45. The van der Waals surface area contributed by atoms with Crippen molar-refractivity contribution in [1.29, 1.82) is 0 Å². The molecule has 1 nitrogen and oxygen atoms in total. The molecule has 2 heteroatoms. The number of rotatable bonds is 3. The summed E-state index contributed by atoms with van der Waals surface area (Å²) in [7, 11) is 0. The molecule has 0 aliphatic carbocycles. The van der Waals surface area contributed by atoms with Crippen LogP contribution in [0, 0.1) is 33.6 Å². The number of benzene rings is 1. The summed E-state index contributed by atoms with van der Waals surface area (Å²) in [5.74, 6) is 0.620. The van der Waals surface area contributed by atoms with Crippen LogP contribution in [0.1, 0.15) is 47.6 Å². The lowest BCUT2D eigenvalue weighted by molar-refractivity contribution is 0.618. The van der Waals surface area contributed by atoms with Gasteiger partial charge in [-0.15, -0.1) is 0 Å². The van der Waals surface area contributed by atoms with Crippen molar-refractivity contribution >= 4 is 17.2 Å². The van der Waals surface area contributed by atoms with Gasteiger partial charge in [0.25, 0.3) is 0 Å². The number of nitrogens with two attached hydrogens (primary N) is 1. The molecule has 1 aromatic carbocycles. The van der Waals surface area contributed by atoms with Crippen LogP contribution < -0.4 is 5.73 Å². The molecule has 0 fully saturated rings. The molecule has 1 aromatic rings. The zero-order valence-electron chi connectivity index (χ0n) is 11.7. The van der Waals surface area contributed by atoms with Crippen molar-refractivity contribution in [3.05, 3.63) is 33.9 Å². The predicted molar refractivity (Wildman–Crippen MR) is 79.8 cm³/mol. The highest BCUT2D eigenvalue weighted by Gasteiger charge is 2.21. The number of hydrogen-bond donors (Lipinski definition) is 1. The highest BCUT2D eigenvalue weighted by molar-refractivity contribution is 7.80. The average molecular weight is 249 g/mol. The lowest BCUT2D eigenvalue weighted by Gasteiger charge is -2.25. The van der Waals surface area contributed by atoms with Crippen LogP contribution in [-0.2, 0) is 0 Å². The third kappa shape index (κ3) is 2.68. The minimum Gasteiger partial charge on any atom is -0.393 e. The zero-order valence-corrected chi connectivity index (χ0v) is 12.5. The van der Waals surface area contributed by atoms with E-state index < -0.39 is 0 Å². The Hall–Kier alpha value is -0.890. The fourth-order valence-electron chi connectivity index (χ4n) is 2.43. The van der Waals surface area contributed by atoms with Crippen LogP contribution >= 0.6 is 12.2 Å². The number of thiocarbonyl (C=S) groups is 1. The molecule has 2 N–H and O–H groups in total.